The SMILES string of the molecule is COC(=O)C1C2CCC(C2)C1Nc1nc(-c2c[nH]c3ncc(Cl)cc23)ncc1F. The summed E-state index contributed by atoms with van der Waals surface area (Å²) in [5, 5.41) is 4.43. The van der Waals surface area contributed by atoms with Gasteiger partial charge in [0.15, 0.2) is 17.5 Å². The molecule has 2 saturated carbocycles. The molecule has 2 bridgehead atoms. The molecule has 4 unspecified atom stereocenters. The molecule has 2 aliphatic rings. The number of carbonyl (C=O) groups is 1. The van der Waals surface area contributed by atoms with E-state index in [-0.39, 0.29) is 29.7 Å². The van der Waals surface area contributed by atoms with Gasteiger partial charge in [0.25, 0.3) is 0 Å². The Morgan fingerprint density at radius 2 is 2.14 bits per heavy atom. The Balaban J connectivity index is 1.50. The number of anilines is 1. The van der Waals surface area contributed by atoms with Crippen LogP contribution in [0.1, 0.15) is 19.3 Å². The van der Waals surface area contributed by atoms with Crippen LogP contribution in [-0.4, -0.2) is 39.1 Å². The summed E-state index contributed by atoms with van der Waals surface area (Å²) < 4.78 is 19.5. The van der Waals surface area contributed by atoms with Crippen LogP contribution in [0.25, 0.3) is 22.4 Å². The van der Waals surface area contributed by atoms with E-state index in [4.69, 9.17) is 16.3 Å². The Morgan fingerprint density at radius 3 is 2.97 bits per heavy atom. The molecule has 3 heterocycles. The number of pyridine rings is 1. The molecule has 0 spiro atoms. The summed E-state index contributed by atoms with van der Waals surface area (Å²) in [5.41, 5.74) is 1.32. The molecule has 3 aromatic heterocycles. The zero-order chi connectivity index (χ0) is 20.1. The lowest BCUT2D eigenvalue weighted by atomic mass is 9.84. The van der Waals surface area contributed by atoms with E-state index in [1.807, 2.05) is 0 Å². The number of nitrogens with zero attached hydrogens (tertiary/aromatic N) is 3. The van der Waals surface area contributed by atoms with E-state index in [0.29, 0.717) is 28.0 Å². The predicted octanol–water partition coefficient (Wildman–Crippen LogP) is 3.81. The first-order chi connectivity index (χ1) is 14.0. The molecule has 0 radical (unpaired) electrons. The van der Waals surface area contributed by atoms with Crippen molar-refractivity contribution in [1.29, 1.82) is 0 Å². The Kier molecular flexibility index (Phi) is 4.38. The van der Waals surface area contributed by atoms with Crippen molar-refractivity contribution >= 4 is 34.4 Å². The fourth-order valence-corrected chi connectivity index (χ4v) is 5.05. The lowest BCUT2D eigenvalue weighted by Crippen LogP contribution is -2.40. The number of ether oxygens (including phenoxy) is 1. The first-order valence-electron chi connectivity index (χ1n) is 9.55. The number of halogens is 2. The van der Waals surface area contributed by atoms with Gasteiger partial charge >= 0.3 is 5.97 Å². The van der Waals surface area contributed by atoms with Crippen LogP contribution in [0.4, 0.5) is 10.2 Å². The maximum atomic E-state index is 14.6. The fraction of sp³-hybridized carbons (Fsp3) is 0.400. The molecule has 150 valence electrons. The minimum atomic E-state index is -0.559. The van der Waals surface area contributed by atoms with Crippen molar-refractivity contribution in [2.24, 2.45) is 17.8 Å². The zero-order valence-electron chi connectivity index (χ0n) is 15.7. The quantitative estimate of drug-likeness (QED) is 0.629. The number of hydrogen-bond acceptors (Lipinski definition) is 6. The van der Waals surface area contributed by atoms with Gasteiger partial charge in [0.05, 0.1) is 24.2 Å². The van der Waals surface area contributed by atoms with Gasteiger partial charge in [-0.1, -0.05) is 11.6 Å². The molecule has 29 heavy (non-hydrogen) atoms. The van der Waals surface area contributed by atoms with Crippen LogP contribution in [0.3, 0.4) is 0 Å². The molecule has 3 aromatic rings. The normalized spacial score (nSPS) is 25.5. The second-order valence-electron chi connectivity index (χ2n) is 7.69. The van der Waals surface area contributed by atoms with Crippen LogP contribution in [0.15, 0.2) is 24.7 Å². The van der Waals surface area contributed by atoms with Gasteiger partial charge in [-0.3, -0.25) is 4.79 Å². The summed E-state index contributed by atoms with van der Waals surface area (Å²) in [7, 11) is 1.39. The number of esters is 1. The molecule has 2 N–H and O–H groups in total. The number of rotatable bonds is 4. The van der Waals surface area contributed by atoms with E-state index in [1.54, 1.807) is 18.5 Å². The molecule has 2 aliphatic carbocycles. The number of aromatic nitrogens is 4. The van der Waals surface area contributed by atoms with Crippen molar-refractivity contribution in [3.05, 3.63) is 35.5 Å². The monoisotopic (exact) mass is 415 g/mol. The summed E-state index contributed by atoms with van der Waals surface area (Å²) >= 11 is 6.07. The van der Waals surface area contributed by atoms with E-state index >= 15 is 0 Å². The lowest BCUT2D eigenvalue weighted by Gasteiger charge is -2.30. The smallest absolute Gasteiger partial charge is 0.311 e. The number of methoxy groups -OCH3 is 1. The Bertz CT molecular complexity index is 1100. The van der Waals surface area contributed by atoms with Gasteiger partial charge in [0.2, 0.25) is 0 Å². The van der Waals surface area contributed by atoms with Crippen molar-refractivity contribution < 1.29 is 13.9 Å². The van der Waals surface area contributed by atoms with Crippen LogP contribution in [0.5, 0.6) is 0 Å². The van der Waals surface area contributed by atoms with E-state index in [2.05, 4.69) is 25.3 Å². The summed E-state index contributed by atoms with van der Waals surface area (Å²) in [6.07, 6.45) is 7.38. The number of carbonyl (C=O) groups excluding carboxylic acids is 1. The molecule has 0 amide bonds. The Morgan fingerprint density at radius 1 is 1.31 bits per heavy atom. The van der Waals surface area contributed by atoms with Crippen LogP contribution in [0, 0.1) is 23.6 Å². The van der Waals surface area contributed by atoms with Crippen LogP contribution in [0.2, 0.25) is 5.02 Å². The zero-order valence-corrected chi connectivity index (χ0v) is 16.4. The summed E-state index contributed by atoms with van der Waals surface area (Å²) in [6.45, 7) is 0. The largest absolute Gasteiger partial charge is 0.469 e. The maximum absolute atomic E-state index is 14.6. The lowest BCUT2D eigenvalue weighted by molar-refractivity contribution is -0.147. The molecule has 9 heteroatoms. The summed E-state index contributed by atoms with van der Waals surface area (Å²) in [4.78, 5) is 28.2. The van der Waals surface area contributed by atoms with Crippen LogP contribution in [-0.2, 0) is 9.53 Å². The average Bonchev–Trinajstić information content (AvgIpc) is 3.43. The van der Waals surface area contributed by atoms with Gasteiger partial charge in [0, 0.05) is 29.4 Å². The molecular formula is C20H19ClFN5O2. The Labute approximate surface area is 171 Å². The molecule has 5 rings (SSSR count). The number of aromatic amines is 1. The summed E-state index contributed by atoms with van der Waals surface area (Å²) in [5.74, 6) is -0.0764. The highest BCUT2D eigenvalue weighted by atomic mass is 35.5. The minimum Gasteiger partial charge on any atom is -0.469 e. The molecule has 0 aliphatic heterocycles. The third kappa shape index (κ3) is 3.02. The number of nitrogens with one attached hydrogen (secondary N) is 2. The van der Waals surface area contributed by atoms with E-state index in [0.717, 1.165) is 30.8 Å². The highest BCUT2D eigenvalue weighted by Gasteiger charge is 2.51. The third-order valence-electron chi connectivity index (χ3n) is 6.18. The number of H-pyrrole nitrogens is 1. The molecule has 0 aromatic carbocycles. The average molecular weight is 416 g/mol. The topological polar surface area (TPSA) is 92.8 Å². The van der Waals surface area contributed by atoms with Crippen LogP contribution < -0.4 is 5.32 Å². The highest BCUT2D eigenvalue weighted by molar-refractivity contribution is 6.31. The standard InChI is InChI=1S/C20H19ClFN5O2/c1-29-20(28)15-9-2-3-10(4-9)16(15)26-19-14(22)8-25-18(27-19)13-7-24-17-12(13)5-11(21)6-23-17/h5-10,15-16H,2-4H2,1H3,(H,23,24)(H,25,26,27). The van der Waals surface area contributed by atoms with E-state index in [9.17, 15) is 9.18 Å². The van der Waals surface area contributed by atoms with Gasteiger partial charge in [0.1, 0.15) is 5.65 Å². The Hall–Kier alpha value is -2.74. The molecule has 0 saturated heterocycles. The van der Waals surface area contributed by atoms with Crippen molar-refractivity contribution in [2.75, 3.05) is 12.4 Å². The molecule has 4 atom stereocenters. The van der Waals surface area contributed by atoms with Crippen LogP contribution >= 0.6 is 11.6 Å². The van der Waals surface area contributed by atoms with Gasteiger partial charge in [-0.05, 0) is 37.2 Å². The fourth-order valence-electron chi connectivity index (χ4n) is 4.89. The minimum absolute atomic E-state index is 0.0887. The number of hydrogen-bond donors (Lipinski definition) is 2. The van der Waals surface area contributed by atoms with Gasteiger partial charge in [-0.2, -0.15) is 0 Å². The maximum Gasteiger partial charge on any atom is 0.311 e. The van der Waals surface area contributed by atoms with E-state index < -0.39 is 5.82 Å². The second kappa shape index (κ2) is 6.95. The molecular weight excluding hydrogens is 397 g/mol. The van der Waals surface area contributed by atoms with Gasteiger partial charge in [-0.15, -0.1) is 0 Å². The third-order valence-corrected chi connectivity index (χ3v) is 6.38. The van der Waals surface area contributed by atoms with Crippen molar-refractivity contribution in [3.8, 4) is 11.4 Å². The highest BCUT2D eigenvalue weighted by Crippen LogP contribution is 2.50. The van der Waals surface area contributed by atoms with Gasteiger partial charge < -0.3 is 15.0 Å². The molecule has 7 nitrogen and oxygen atoms in total. The first-order valence-corrected chi connectivity index (χ1v) is 9.93. The van der Waals surface area contributed by atoms with E-state index in [1.165, 1.54) is 7.11 Å². The predicted molar refractivity (Wildman–Crippen MR) is 106 cm³/mol. The van der Waals surface area contributed by atoms with Crippen molar-refractivity contribution in [2.45, 2.75) is 25.3 Å². The van der Waals surface area contributed by atoms with Crippen molar-refractivity contribution in [1.82, 2.24) is 19.9 Å². The second-order valence-corrected chi connectivity index (χ2v) is 8.13. The van der Waals surface area contributed by atoms with Gasteiger partial charge in [-0.25, -0.2) is 19.3 Å². The summed E-state index contributed by atoms with van der Waals surface area (Å²) in [6, 6.07) is 1.57. The first kappa shape index (κ1) is 18.3. The van der Waals surface area contributed by atoms with Crippen molar-refractivity contribution in [3.63, 3.8) is 0 Å². The molecule has 2 fully saturated rings. The number of fused-ring (bicyclic) bond motifs is 3.